The van der Waals surface area contributed by atoms with Gasteiger partial charge in [0.05, 0.1) is 33.3 Å². The van der Waals surface area contributed by atoms with Gasteiger partial charge in [-0.1, -0.05) is 36.4 Å². The number of hydrogen-bond acceptors (Lipinski definition) is 4. The molecular weight excluding hydrogens is 398 g/mol. The first-order chi connectivity index (χ1) is 14.6. The maximum atomic E-state index is 12.7. The minimum absolute atomic E-state index is 0.242. The minimum atomic E-state index is -1.21. The van der Waals surface area contributed by atoms with E-state index in [2.05, 4.69) is 4.98 Å². The summed E-state index contributed by atoms with van der Waals surface area (Å²) in [6, 6.07) is 25.5. The lowest BCUT2D eigenvalue weighted by Gasteiger charge is -2.08. The van der Waals surface area contributed by atoms with Crippen molar-refractivity contribution in [3.8, 4) is 5.75 Å². The highest BCUT2D eigenvalue weighted by atomic mass is 32.2. The van der Waals surface area contributed by atoms with Crippen LogP contribution in [0.1, 0.15) is 21.6 Å². The van der Waals surface area contributed by atoms with Crippen LogP contribution in [0.3, 0.4) is 0 Å². The van der Waals surface area contributed by atoms with Gasteiger partial charge < -0.3 is 9.84 Å². The van der Waals surface area contributed by atoms with Crippen molar-refractivity contribution in [3.63, 3.8) is 0 Å². The molecule has 30 heavy (non-hydrogen) atoms. The third kappa shape index (κ3) is 4.72. The van der Waals surface area contributed by atoms with Crippen molar-refractivity contribution < 1.29 is 18.8 Å². The monoisotopic (exact) mass is 417 g/mol. The molecule has 0 saturated heterocycles. The second kappa shape index (κ2) is 8.88. The maximum Gasteiger partial charge on any atom is 0.335 e. The molecule has 1 aromatic heterocycles. The van der Waals surface area contributed by atoms with Crippen molar-refractivity contribution in [1.82, 2.24) is 4.98 Å². The average molecular weight is 417 g/mol. The van der Waals surface area contributed by atoms with Gasteiger partial charge in [0.2, 0.25) is 0 Å². The summed E-state index contributed by atoms with van der Waals surface area (Å²) in [5, 5.41) is 10.00. The summed E-state index contributed by atoms with van der Waals surface area (Å²) in [5.74, 6) is 0.0490. The Kier molecular flexibility index (Phi) is 5.86. The summed E-state index contributed by atoms with van der Waals surface area (Å²) in [4.78, 5) is 16.2. The van der Waals surface area contributed by atoms with E-state index in [1.807, 2.05) is 36.4 Å². The summed E-state index contributed by atoms with van der Waals surface area (Å²) < 4.78 is 18.4. The number of nitrogens with zero attached hydrogens (tertiary/aromatic N) is 1. The lowest BCUT2D eigenvalue weighted by Crippen LogP contribution is -2.00. The summed E-state index contributed by atoms with van der Waals surface area (Å²) in [7, 11) is -1.21. The number of carbonyl (C=O) groups is 1. The first kappa shape index (κ1) is 19.8. The van der Waals surface area contributed by atoms with Gasteiger partial charge in [0.25, 0.3) is 0 Å². The lowest BCUT2D eigenvalue weighted by atomic mass is 10.1. The predicted molar refractivity (Wildman–Crippen MR) is 116 cm³/mol. The van der Waals surface area contributed by atoms with Gasteiger partial charge >= 0.3 is 5.97 Å². The second-order valence-corrected chi connectivity index (χ2v) is 8.20. The zero-order valence-electron chi connectivity index (χ0n) is 16.0. The van der Waals surface area contributed by atoms with E-state index in [9.17, 15) is 9.00 Å². The lowest BCUT2D eigenvalue weighted by molar-refractivity contribution is 0.0697. The fourth-order valence-electron chi connectivity index (χ4n) is 3.00. The van der Waals surface area contributed by atoms with Gasteiger partial charge in [-0.25, -0.2) is 4.79 Å². The number of rotatable bonds is 7. The molecule has 4 aromatic rings. The van der Waals surface area contributed by atoms with Crippen molar-refractivity contribution >= 4 is 27.7 Å². The summed E-state index contributed by atoms with van der Waals surface area (Å²) in [5.41, 5.74) is 2.80. The molecule has 0 bridgehead atoms. The molecule has 5 nitrogen and oxygen atoms in total. The van der Waals surface area contributed by atoms with Crippen molar-refractivity contribution in [2.75, 3.05) is 0 Å². The van der Waals surface area contributed by atoms with Crippen LogP contribution in [-0.2, 0) is 23.2 Å². The van der Waals surface area contributed by atoms with Crippen LogP contribution in [0.15, 0.2) is 89.8 Å². The number of hydrogen-bond donors (Lipinski definition) is 1. The molecule has 3 aromatic carbocycles. The molecule has 0 radical (unpaired) electrons. The van der Waals surface area contributed by atoms with Gasteiger partial charge in [-0.2, -0.15) is 0 Å². The average Bonchev–Trinajstić information content (AvgIpc) is 2.78. The zero-order valence-corrected chi connectivity index (χ0v) is 16.8. The molecule has 6 heteroatoms. The zero-order chi connectivity index (χ0) is 20.9. The third-order valence-corrected chi connectivity index (χ3v) is 5.98. The quantitative estimate of drug-likeness (QED) is 0.467. The maximum absolute atomic E-state index is 12.7. The van der Waals surface area contributed by atoms with Crippen molar-refractivity contribution in [2.24, 2.45) is 0 Å². The smallest absolute Gasteiger partial charge is 0.335 e. The van der Waals surface area contributed by atoms with Gasteiger partial charge in [0, 0.05) is 10.3 Å². The Hall–Kier alpha value is -3.51. The van der Waals surface area contributed by atoms with E-state index in [1.165, 1.54) is 0 Å². The molecule has 0 fully saturated rings. The van der Waals surface area contributed by atoms with Gasteiger partial charge in [0.15, 0.2) is 0 Å². The SMILES string of the molecule is O=C(O)c1ccc(COc2ccc(S(=O)Cc3ccc4ccccc4n3)cc2)cc1. The van der Waals surface area contributed by atoms with Crippen molar-refractivity contribution in [2.45, 2.75) is 17.3 Å². The first-order valence-corrected chi connectivity index (χ1v) is 10.7. The summed E-state index contributed by atoms with van der Waals surface area (Å²) in [6.07, 6.45) is 0. The molecule has 0 amide bonds. The van der Waals surface area contributed by atoms with Crippen molar-refractivity contribution in [3.05, 3.63) is 102 Å². The molecule has 1 N–H and O–H groups in total. The molecule has 1 atom stereocenters. The largest absolute Gasteiger partial charge is 0.489 e. The number of ether oxygens (including phenoxy) is 1. The molecule has 4 rings (SSSR count). The van der Waals surface area contributed by atoms with Gasteiger partial charge in [-0.05, 0) is 54.1 Å². The number of fused-ring (bicyclic) bond motifs is 1. The Morgan fingerprint density at radius 2 is 1.63 bits per heavy atom. The molecule has 0 aliphatic rings. The van der Waals surface area contributed by atoms with Crippen LogP contribution in [0, 0.1) is 0 Å². The van der Waals surface area contributed by atoms with E-state index < -0.39 is 16.8 Å². The Morgan fingerprint density at radius 1 is 0.900 bits per heavy atom. The predicted octanol–water partition coefficient (Wildman–Crippen LogP) is 4.82. The van der Waals surface area contributed by atoms with Crippen molar-refractivity contribution in [1.29, 1.82) is 0 Å². The summed E-state index contributed by atoms with van der Waals surface area (Å²) in [6.45, 7) is 0.323. The first-order valence-electron chi connectivity index (χ1n) is 9.37. The molecule has 0 saturated carbocycles. The van der Waals surface area contributed by atoms with E-state index >= 15 is 0 Å². The van der Waals surface area contributed by atoms with E-state index in [0.29, 0.717) is 23.0 Å². The number of aromatic carboxylic acids is 1. The number of carboxylic acids is 1. The van der Waals surface area contributed by atoms with E-state index in [-0.39, 0.29) is 5.56 Å². The number of aromatic nitrogens is 1. The Bertz CT molecular complexity index is 1200. The van der Waals surface area contributed by atoms with Gasteiger partial charge in [0.1, 0.15) is 12.4 Å². The Balaban J connectivity index is 1.37. The molecule has 150 valence electrons. The number of pyridine rings is 1. The van der Waals surface area contributed by atoms with Crippen LogP contribution in [0.25, 0.3) is 10.9 Å². The van der Waals surface area contributed by atoms with E-state index in [4.69, 9.17) is 9.84 Å². The number of carboxylic acid groups (broad SMARTS) is 1. The Morgan fingerprint density at radius 3 is 2.37 bits per heavy atom. The van der Waals surface area contributed by atoms with Crippen LogP contribution in [-0.4, -0.2) is 20.3 Å². The molecule has 0 spiro atoms. The third-order valence-electron chi connectivity index (χ3n) is 4.63. The molecular formula is C24H19NO4S. The molecule has 1 unspecified atom stereocenters. The van der Waals surface area contributed by atoms with E-state index in [1.54, 1.807) is 48.5 Å². The fourth-order valence-corrected chi connectivity index (χ4v) is 4.04. The summed E-state index contributed by atoms with van der Waals surface area (Å²) >= 11 is 0. The van der Waals surface area contributed by atoms with Gasteiger partial charge in [-0.15, -0.1) is 0 Å². The molecule has 1 heterocycles. The highest BCUT2D eigenvalue weighted by Crippen LogP contribution is 2.19. The Labute approximate surface area is 176 Å². The highest BCUT2D eigenvalue weighted by Gasteiger charge is 2.08. The van der Waals surface area contributed by atoms with Gasteiger partial charge in [-0.3, -0.25) is 9.19 Å². The molecule has 0 aliphatic carbocycles. The topological polar surface area (TPSA) is 76.5 Å². The van der Waals surface area contributed by atoms with E-state index in [0.717, 1.165) is 22.2 Å². The highest BCUT2D eigenvalue weighted by molar-refractivity contribution is 7.84. The standard InChI is InChI=1S/C24H19NO4S/c26-24(27)19-7-5-17(6-8-19)15-29-21-11-13-22(14-12-21)30(28)16-20-10-9-18-3-1-2-4-23(18)25-20/h1-14H,15-16H2,(H,26,27). The van der Waals surface area contributed by atoms with Crippen LogP contribution < -0.4 is 4.74 Å². The number of para-hydroxylation sites is 1. The van der Waals surface area contributed by atoms with Crippen LogP contribution >= 0.6 is 0 Å². The molecule has 0 aliphatic heterocycles. The van der Waals surface area contributed by atoms with Crippen LogP contribution in [0.2, 0.25) is 0 Å². The van der Waals surface area contributed by atoms with Crippen LogP contribution in [0.5, 0.6) is 5.75 Å². The fraction of sp³-hybridized carbons (Fsp3) is 0.0833. The van der Waals surface area contributed by atoms with Crippen LogP contribution in [0.4, 0.5) is 0 Å². The minimum Gasteiger partial charge on any atom is -0.489 e. The number of benzene rings is 3. The second-order valence-electron chi connectivity index (χ2n) is 6.75. The normalized spacial score (nSPS) is 11.9.